The summed E-state index contributed by atoms with van der Waals surface area (Å²) < 4.78 is 1.25. The molecule has 31 heavy (non-hydrogen) atoms. The first-order valence-corrected chi connectivity index (χ1v) is 10.2. The first-order valence-electron chi connectivity index (χ1n) is 9.83. The highest BCUT2D eigenvalue weighted by atomic mass is 35.5. The molecule has 0 aliphatic heterocycles. The number of hydrogen-bond donors (Lipinski definition) is 2. The van der Waals surface area contributed by atoms with Gasteiger partial charge < -0.3 is 5.73 Å². The minimum Gasteiger partial charge on any atom is -0.325 e. The molecule has 0 bridgehead atoms. The Labute approximate surface area is 184 Å². The zero-order valence-electron chi connectivity index (χ0n) is 17.8. The Hall–Kier alpha value is -3.10. The average Bonchev–Trinajstić information content (AvgIpc) is 2.67. The number of aryl methyl sites for hydroxylation is 2. The lowest BCUT2D eigenvalue weighted by Gasteiger charge is -2.18. The highest BCUT2D eigenvalue weighted by molar-refractivity contribution is 6.29. The van der Waals surface area contributed by atoms with Crippen LogP contribution in [0.1, 0.15) is 64.0 Å². The van der Waals surface area contributed by atoms with Crippen molar-refractivity contribution in [2.75, 3.05) is 0 Å². The quantitative estimate of drug-likeness (QED) is 0.447. The summed E-state index contributed by atoms with van der Waals surface area (Å²) in [6.07, 6.45) is 0. The van der Waals surface area contributed by atoms with E-state index in [4.69, 9.17) is 17.3 Å². The van der Waals surface area contributed by atoms with Gasteiger partial charge in [-0.2, -0.15) is 0 Å². The van der Waals surface area contributed by atoms with Gasteiger partial charge in [0, 0.05) is 17.8 Å². The smallest absolute Gasteiger partial charge is 0.325 e. The van der Waals surface area contributed by atoms with E-state index in [1.165, 1.54) is 4.57 Å². The van der Waals surface area contributed by atoms with Crippen LogP contribution in [-0.4, -0.2) is 25.3 Å². The summed E-state index contributed by atoms with van der Waals surface area (Å²) in [5.74, 6) is -0.793. The maximum Gasteiger partial charge on any atom is 0.329 e. The van der Waals surface area contributed by atoms with Crippen molar-refractivity contribution in [3.8, 4) is 0 Å². The molecule has 0 aliphatic carbocycles. The van der Waals surface area contributed by atoms with Crippen molar-refractivity contribution < 1.29 is 4.79 Å². The number of halogens is 1. The number of rotatable bonds is 6. The molecule has 8 nitrogen and oxygen atoms in total. The molecule has 3 heterocycles. The van der Waals surface area contributed by atoms with Gasteiger partial charge in [0.2, 0.25) is 5.78 Å². The van der Waals surface area contributed by atoms with Crippen LogP contribution in [0.4, 0.5) is 0 Å². The van der Waals surface area contributed by atoms with Crippen molar-refractivity contribution in [2.45, 2.75) is 46.7 Å². The highest BCUT2D eigenvalue weighted by Crippen LogP contribution is 2.20. The van der Waals surface area contributed by atoms with Gasteiger partial charge in [0.1, 0.15) is 16.5 Å². The first-order chi connectivity index (χ1) is 14.6. The zero-order valence-corrected chi connectivity index (χ0v) is 18.6. The van der Waals surface area contributed by atoms with Gasteiger partial charge in [0.15, 0.2) is 0 Å². The second-order valence-electron chi connectivity index (χ2n) is 7.76. The minimum atomic E-state index is -0.690. The summed E-state index contributed by atoms with van der Waals surface area (Å²) >= 11 is 6.09. The van der Waals surface area contributed by atoms with Crippen LogP contribution in [-0.2, 0) is 13.1 Å². The lowest BCUT2D eigenvalue weighted by atomic mass is 9.98. The van der Waals surface area contributed by atoms with E-state index in [1.54, 1.807) is 39.0 Å². The molecule has 9 heteroatoms. The Bertz CT molecular complexity index is 1260. The van der Waals surface area contributed by atoms with Gasteiger partial charge in [-0.1, -0.05) is 25.4 Å². The molecule has 0 amide bonds. The van der Waals surface area contributed by atoms with Crippen molar-refractivity contribution in [1.82, 2.24) is 19.5 Å². The number of aromatic amines is 1. The minimum absolute atomic E-state index is 0.0104. The van der Waals surface area contributed by atoms with Gasteiger partial charge >= 0.3 is 5.69 Å². The van der Waals surface area contributed by atoms with Crippen LogP contribution in [0.15, 0.2) is 33.9 Å². The van der Waals surface area contributed by atoms with Gasteiger partial charge in [0.05, 0.1) is 12.2 Å². The van der Waals surface area contributed by atoms with E-state index in [9.17, 15) is 14.4 Å². The molecule has 3 aromatic heterocycles. The predicted molar refractivity (Wildman–Crippen MR) is 119 cm³/mol. The topological polar surface area (TPSA) is 124 Å². The monoisotopic (exact) mass is 441 g/mol. The Balaban J connectivity index is 2.28. The number of pyridine rings is 2. The number of nitrogens with zero attached hydrogens (tertiary/aromatic N) is 3. The molecule has 0 aliphatic rings. The van der Waals surface area contributed by atoms with Crippen LogP contribution in [0.3, 0.4) is 0 Å². The van der Waals surface area contributed by atoms with Crippen LogP contribution >= 0.6 is 11.6 Å². The standard InChI is InChI=1S/C22H24ClN5O3/c1-11(2)18-19(20(29)16-6-12(3)5-13(4)25-16)28(22(31)27-21(18)30)10-14-7-15(9-24)26-17(23)8-14/h5-8,11H,9-10,24H2,1-4H3,(H,27,30,31). The molecule has 3 rings (SSSR count). The first kappa shape index (κ1) is 22.6. The van der Waals surface area contributed by atoms with Crippen LogP contribution in [0, 0.1) is 13.8 Å². The Morgan fingerprint density at radius 3 is 2.48 bits per heavy atom. The molecule has 0 fully saturated rings. The van der Waals surface area contributed by atoms with E-state index in [2.05, 4.69) is 15.0 Å². The number of carbonyl (C=O) groups is 1. The van der Waals surface area contributed by atoms with Crippen LogP contribution in [0.2, 0.25) is 5.15 Å². The summed E-state index contributed by atoms with van der Waals surface area (Å²) in [7, 11) is 0. The van der Waals surface area contributed by atoms with Crippen molar-refractivity contribution in [3.05, 3.63) is 89.7 Å². The molecule has 0 atom stereocenters. The summed E-state index contributed by atoms with van der Waals surface area (Å²) in [6, 6.07) is 6.79. The highest BCUT2D eigenvalue weighted by Gasteiger charge is 2.25. The van der Waals surface area contributed by atoms with Crippen molar-refractivity contribution in [3.63, 3.8) is 0 Å². The Morgan fingerprint density at radius 1 is 1.16 bits per heavy atom. The van der Waals surface area contributed by atoms with Gasteiger partial charge in [0.25, 0.3) is 5.56 Å². The van der Waals surface area contributed by atoms with Crippen LogP contribution < -0.4 is 17.0 Å². The lowest BCUT2D eigenvalue weighted by molar-refractivity contribution is 0.102. The maximum absolute atomic E-state index is 13.5. The zero-order chi connectivity index (χ0) is 22.9. The Morgan fingerprint density at radius 2 is 1.87 bits per heavy atom. The number of nitrogens with two attached hydrogens (primary N) is 1. The number of ketones is 1. The number of H-pyrrole nitrogens is 1. The van der Waals surface area contributed by atoms with Gasteiger partial charge in [-0.3, -0.25) is 19.1 Å². The molecule has 0 saturated carbocycles. The summed E-state index contributed by atoms with van der Waals surface area (Å²) in [5, 5.41) is 0.225. The lowest BCUT2D eigenvalue weighted by Crippen LogP contribution is -2.38. The molecule has 3 aromatic rings. The van der Waals surface area contributed by atoms with Crippen molar-refractivity contribution in [2.24, 2.45) is 5.73 Å². The molecule has 0 saturated heterocycles. The predicted octanol–water partition coefficient (Wildman–Crippen LogP) is 2.46. The normalized spacial score (nSPS) is 11.2. The van der Waals surface area contributed by atoms with Gasteiger partial charge in [-0.05, 0) is 55.2 Å². The molecule has 3 N–H and O–H groups in total. The molecular formula is C22H24ClN5O3. The molecular weight excluding hydrogens is 418 g/mol. The third-order valence-corrected chi connectivity index (χ3v) is 5.01. The van der Waals surface area contributed by atoms with Crippen LogP contribution in [0.25, 0.3) is 0 Å². The van der Waals surface area contributed by atoms with E-state index in [0.717, 1.165) is 5.56 Å². The summed E-state index contributed by atoms with van der Waals surface area (Å²) in [4.78, 5) is 49.8. The van der Waals surface area contributed by atoms with Crippen molar-refractivity contribution >= 4 is 17.4 Å². The largest absolute Gasteiger partial charge is 0.329 e. The average molecular weight is 442 g/mol. The maximum atomic E-state index is 13.5. The number of nitrogens with one attached hydrogen (secondary N) is 1. The third-order valence-electron chi connectivity index (χ3n) is 4.81. The van der Waals surface area contributed by atoms with E-state index in [-0.39, 0.29) is 41.1 Å². The SMILES string of the molecule is Cc1cc(C)nc(C(=O)c2c(C(C)C)c(=O)[nH]c(=O)n2Cc2cc(Cl)nc(CN)c2)c1. The van der Waals surface area contributed by atoms with E-state index in [1.807, 2.05) is 13.0 Å². The summed E-state index contributed by atoms with van der Waals surface area (Å²) in [6.45, 7) is 7.40. The van der Waals surface area contributed by atoms with E-state index < -0.39 is 17.0 Å². The summed E-state index contributed by atoms with van der Waals surface area (Å²) in [5.41, 5.74) is 7.53. The molecule has 162 valence electrons. The van der Waals surface area contributed by atoms with E-state index in [0.29, 0.717) is 17.0 Å². The molecule has 0 spiro atoms. The number of aromatic nitrogens is 4. The van der Waals surface area contributed by atoms with Crippen molar-refractivity contribution in [1.29, 1.82) is 0 Å². The van der Waals surface area contributed by atoms with Gasteiger partial charge in [-0.25, -0.2) is 14.8 Å². The third kappa shape index (κ3) is 4.81. The second kappa shape index (κ2) is 8.95. The van der Waals surface area contributed by atoms with Gasteiger partial charge in [-0.15, -0.1) is 0 Å². The number of carbonyl (C=O) groups excluding carboxylic acids is 1. The second-order valence-corrected chi connectivity index (χ2v) is 8.14. The fraction of sp³-hybridized carbons (Fsp3) is 0.318. The Kier molecular flexibility index (Phi) is 6.52. The fourth-order valence-electron chi connectivity index (χ4n) is 3.59. The molecule has 0 radical (unpaired) electrons. The van der Waals surface area contributed by atoms with E-state index >= 15 is 0 Å². The number of hydrogen-bond acceptors (Lipinski definition) is 6. The fourth-order valence-corrected chi connectivity index (χ4v) is 3.83. The van der Waals surface area contributed by atoms with Crippen LogP contribution in [0.5, 0.6) is 0 Å². The molecule has 0 aromatic carbocycles. The molecule has 0 unspecified atom stereocenters.